The van der Waals surface area contributed by atoms with E-state index in [1.165, 1.54) is 7.11 Å². The first kappa shape index (κ1) is 19.2. The van der Waals surface area contributed by atoms with Crippen LogP contribution in [0.5, 0.6) is 23.0 Å². The SMILES string of the molecule is COc1cc(C(=O)C(C)=Cc2cc(OC)c(OC)c(OC)c2)ccc1N. The molecule has 0 saturated carbocycles. The van der Waals surface area contributed by atoms with E-state index in [2.05, 4.69) is 0 Å². The summed E-state index contributed by atoms with van der Waals surface area (Å²) in [6.07, 6.45) is 1.76. The molecule has 0 aromatic heterocycles. The van der Waals surface area contributed by atoms with Gasteiger partial charge in [-0.3, -0.25) is 4.79 Å². The molecule has 0 aliphatic heterocycles. The largest absolute Gasteiger partial charge is 0.495 e. The number of carbonyl (C=O) groups is 1. The summed E-state index contributed by atoms with van der Waals surface area (Å²) in [5.74, 6) is 1.88. The molecule has 0 spiro atoms. The Morgan fingerprint density at radius 2 is 1.46 bits per heavy atom. The molecule has 0 atom stereocenters. The molecule has 6 nitrogen and oxygen atoms in total. The van der Waals surface area contributed by atoms with Crippen molar-refractivity contribution in [2.24, 2.45) is 0 Å². The van der Waals surface area contributed by atoms with Crippen LogP contribution in [0.3, 0.4) is 0 Å². The Hall–Kier alpha value is -3.15. The zero-order chi connectivity index (χ0) is 19.3. The fourth-order valence-corrected chi connectivity index (χ4v) is 2.58. The number of hydrogen-bond acceptors (Lipinski definition) is 6. The normalized spacial score (nSPS) is 11.0. The monoisotopic (exact) mass is 357 g/mol. The van der Waals surface area contributed by atoms with Crippen molar-refractivity contribution in [3.8, 4) is 23.0 Å². The van der Waals surface area contributed by atoms with Crippen molar-refractivity contribution in [2.45, 2.75) is 6.92 Å². The highest BCUT2D eigenvalue weighted by molar-refractivity contribution is 6.11. The van der Waals surface area contributed by atoms with Crippen LogP contribution < -0.4 is 24.7 Å². The fraction of sp³-hybridized carbons (Fsp3) is 0.250. The highest BCUT2D eigenvalue weighted by atomic mass is 16.5. The predicted octanol–water partition coefficient (Wildman–Crippen LogP) is 3.59. The van der Waals surface area contributed by atoms with Crippen molar-refractivity contribution in [3.05, 3.63) is 47.0 Å². The second kappa shape index (κ2) is 8.29. The molecule has 0 saturated heterocycles. The molecule has 0 amide bonds. The molecule has 0 radical (unpaired) electrons. The van der Waals surface area contributed by atoms with E-state index in [0.717, 1.165) is 5.56 Å². The lowest BCUT2D eigenvalue weighted by Gasteiger charge is -2.13. The van der Waals surface area contributed by atoms with Crippen molar-refractivity contribution in [2.75, 3.05) is 34.2 Å². The molecule has 0 aliphatic carbocycles. The Morgan fingerprint density at radius 1 is 0.885 bits per heavy atom. The zero-order valence-corrected chi connectivity index (χ0v) is 15.6. The van der Waals surface area contributed by atoms with Crippen LogP contribution in [0.15, 0.2) is 35.9 Å². The van der Waals surface area contributed by atoms with E-state index in [1.54, 1.807) is 64.7 Å². The minimum absolute atomic E-state index is 0.128. The van der Waals surface area contributed by atoms with Gasteiger partial charge in [0.05, 0.1) is 34.1 Å². The van der Waals surface area contributed by atoms with Gasteiger partial charge in [0.2, 0.25) is 5.75 Å². The van der Waals surface area contributed by atoms with Crippen LogP contribution in [-0.4, -0.2) is 34.2 Å². The smallest absolute Gasteiger partial charge is 0.203 e. The van der Waals surface area contributed by atoms with Gasteiger partial charge in [0.25, 0.3) is 0 Å². The van der Waals surface area contributed by atoms with Gasteiger partial charge in [-0.05, 0) is 54.5 Å². The Balaban J connectivity index is 2.41. The first-order valence-electron chi connectivity index (χ1n) is 7.91. The van der Waals surface area contributed by atoms with Gasteiger partial charge in [-0.1, -0.05) is 0 Å². The van der Waals surface area contributed by atoms with Crippen molar-refractivity contribution >= 4 is 17.5 Å². The minimum Gasteiger partial charge on any atom is -0.495 e. The second-order valence-corrected chi connectivity index (χ2v) is 5.57. The molecular formula is C20H23NO5. The topological polar surface area (TPSA) is 80.0 Å². The molecule has 26 heavy (non-hydrogen) atoms. The van der Waals surface area contributed by atoms with E-state index in [9.17, 15) is 4.79 Å². The van der Waals surface area contributed by atoms with Gasteiger partial charge in [0, 0.05) is 5.56 Å². The van der Waals surface area contributed by atoms with Crippen LogP contribution in [0.1, 0.15) is 22.8 Å². The van der Waals surface area contributed by atoms with Crippen molar-refractivity contribution in [1.29, 1.82) is 0 Å². The first-order chi connectivity index (χ1) is 12.4. The number of benzene rings is 2. The maximum Gasteiger partial charge on any atom is 0.203 e. The van der Waals surface area contributed by atoms with Crippen LogP contribution in [0.4, 0.5) is 5.69 Å². The molecule has 2 rings (SSSR count). The lowest BCUT2D eigenvalue weighted by atomic mass is 10.0. The number of ether oxygens (including phenoxy) is 4. The summed E-state index contributed by atoms with van der Waals surface area (Å²) < 4.78 is 21.2. The van der Waals surface area contributed by atoms with Crippen LogP contribution in [-0.2, 0) is 0 Å². The number of allylic oxidation sites excluding steroid dienone is 1. The Labute approximate surface area is 153 Å². The number of anilines is 1. The lowest BCUT2D eigenvalue weighted by molar-refractivity contribution is 0.103. The number of Topliss-reactive ketones (excluding diaryl/α,β-unsaturated/α-hetero) is 1. The molecule has 0 aliphatic rings. The van der Waals surface area contributed by atoms with E-state index in [-0.39, 0.29) is 5.78 Å². The fourth-order valence-electron chi connectivity index (χ4n) is 2.58. The third-order valence-corrected chi connectivity index (χ3v) is 3.92. The molecule has 2 aromatic carbocycles. The summed E-state index contributed by atoms with van der Waals surface area (Å²) in [6, 6.07) is 8.51. The predicted molar refractivity (Wildman–Crippen MR) is 101 cm³/mol. The maximum atomic E-state index is 12.7. The number of nitrogen functional groups attached to an aromatic ring is 1. The molecule has 138 valence electrons. The van der Waals surface area contributed by atoms with Gasteiger partial charge in [-0.2, -0.15) is 0 Å². The molecule has 6 heteroatoms. The highest BCUT2D eigenvalue weighted by Gasteiger charge is 2.15. The van der Waals surface area contributed by atoms with E-state index >= 15 is 0 Å². The summed E-state index contributed by atoms with van der Waals surface area (Å²) in [5.41, 5.74) is 8.08. The van der Waals surface area contributed by atoms with E-state index in [4.69, 9.17) is 24.7 Å². The minimum atomic E-state index is -0.128. The van der Waals surface area contributed by atoms with Crippen molar-refractivity contribution in [3.63, 3.8) is 0 Å². The van der Waals surface area contributed by atoms with Gasteiger partial charge >= 0.3 is 0 Å². The molecule has 2 N–H and O–H groups in total. The van der Waals surface area contributed by atoms with E-state index < -0.39 is 0 Å². The van der Waals surface area contributed by atoms with E-state index in [0.29, 0.717) is 39.8 Å². The average Bonchev–Trinajstić information content (AvgIpc) is 2.66. The maximum absolute atomic E-state index is 12.7. The van der Waals surface area contributed by atoms with E-state index in [1.807, 2.05) is 0 Å². The first-order valence-corrected chi connectivity index (χ1v) is 7.91. The van der Waals surface area contributed by atoms with Crippen LogP contribution in [0, 0.1) is 0 Å². The standard InChI is InChI=1S/C20H23NO5/c1-12(19(22)14-6-7-15(21)16(11-14)23-2)8-13-9-17(24-3)20(26-5)18(10-13)25-4/h6-11H,21H2,1-5H3. The van der Waals surface area contributed by atoms with Crippen LogP contribution >= 0.6 is 0 Å². The summed E-state index contributed by atoms with van der Waals surface area (Å²) >= 11 is 0. The highest BCUT2D eigenvalue weighted by Crippen LogP contribution is 2.38. The van der Waals surface area contributed by atoms with Gasteiger partial charge in [0.1, 0.15) is 5.75 Å². The second-order valence-electron chi connectivity index (χ2n) is 5.57. The molecule has 2 aromatic rings. The molecule has 0 heterocycles. The molecular weight excluding hydrogens is 334 g/mol. The summed E-state index contributed by atoms with van der Waals surface area (Å²) in [4.78, 5) is 12.7. The zero-order valence-electron chi connectivity index (χ0n) is 15.6. The number of rotatable bonds is 7. The Bertz CT molecular complexity index is 817. The van der Waals surface area contributed by atoms with Gasteiger partial charge in [-0.15, -0.1) is 0 Å². The Kier molecular flexibility index (Phi) is 6.11. The number of hydrogen-bond donors (Lipinski definition) is 1. The lowest BCUT2D eigenvalue weighted by Crippen LogP contribution is -2.03. The van der Waals surface area contributed by atoms with Gasteiger partial charge in [-0.25, -0.2) is 0 Å². The number of carbonyl (C=O) groups excluding carboxylic acids is 1. The van der Waals surface area contributed by atoms with Crippen LogP contribution in [0.2, 0.25) is 0 Å². The number of methoxy groups -OCH3 is 4. The van der Waals surface area contributed by atoms with Gasteiger partial charge < -0.3 is 24.7 Å². The average molecular weight is 357 g/mol. The third-order valence-electron chi connectivity index (χ3n) is 3.92. The third kappa shape index (κ3) is 3.91. The van der Waals surface area contributed by atoms with Crippen molar-refractivity contribution < 1.29 is 23.7 Å². The van der Waals surface area contributed by atoms with Crippen molar-refractivity contribution in [1.82, 2.24) is 0 Å². The molecule has 0 fully saturated rings. The summed E-state index contributed by atoms with van der Waals surface area (Å²) in [7, 11) is 6.14. The quantitative estimate of drug-likeness (QED) is 0.463. The number of nitrogens with two attached hydrogens (primary N) is 1. The van der Waals surface area contributed by atoms with Crippen LogP contribution in [0.25, 0.3) is 6.08 Å². The summed E-state index contributed by atoms with van der Waals surface area (Å²) in [6.45, 7) is 1.74. The van der Waals surface area contributed by atoms with Gasteiger partial charge in [0.15, 0.2) is 17.3 Å². The molecule has 0 bridgehead atoms. The summed E-state index contributed by atoms with van der Waals surface area (Å²) in [5, 5.41) is 0. The molecule has 0 unspecified atom stereocenters. The number of ketones is 1. The Morgan fingerprint density at radius 3 is 1.96 bits per heavy atom.